The second-order valence-electron chi connectivity index (χ2n) is 7.24. The molecule has 28 heavy (non-hydrogen) atoms. The highest BCUT2D eigenvalue weighted by Gasteiger charge is 2.29. The van der Waals surface area contributed by atoms with Crippen molar-refractivity contribution in [3.63, 3.8) is 0 Å². The second-order valence-corrected chi connectivity index (χ2v) is 7.65. The van der Waals surface area contributed by atoms with E-state index in [1.165, 1.54) is 30.7 Å². The molecule has 1 heterocycles. The molecule has 1 aliphatic heterocycles. The topological polar surface area (TPSA) is 27.3 Å². The summed E-state index contributed by atoms with van der Waals surface area (Å²) in [4.78, 5) is 2.42. The van der Waals surface area contributed by atoms with E-state index in [2.05, 4.69) is 46.7 Å². The van der Waals surface area contributed by atoms with Crippen LogP contribution in [0.25, 0.3) is 0 Å². The normalized spacial score (nSPS) is 17.3. The molecule has 0 bridgehead atoms. The third-order valence-corrected chi connectivity index (χ3v) is 5.13. The smallest absolute Gasteiger partial charge is 0.371 e. The average Bonchev–Trinajstić information content (AvgIpc) is 2.66. The Hall–Kier alpha value is -2.28. The maximum absolute atomic E-state index is 12.6. The molecule has 7 heteroatoms. The molecule has 1 unspecified atom stereocenters. The fourth-order valence-electron chi connectivity index (χ4n) is 3.35. The lowest BCUT2D eigenvalue weighted by Crippen LogP contribution is -2.34. The largest absolute Gasteiger partial charge is 0.416 e. The molecular formula is C21H24F3N3S. The van der Waals surface area contributed by atoms with Gasteiger partial charge in [-0.2, -0.15) is 13.2 Å². The second kappa shape index (κ2) is 8.82. The SMILES string of the molecule is CC1CCCN(c2ccc(CNC(=S)Nc3ccc(C(F)(F)F)cc3)cc2)C1. The zero-order valence-corrected chi connectivity index (χ0v) is 16.5. The van der Waals surface area contributed by atoms with Crippen LogP contribution < -0.4 is 15.5 Å². The van der Waals surface area contributed by atoms with Crippen LogP contribution in [0.2, 0.25) is 0 Å². The maximum Gasteiger partial charge on any atom is 0.416 e. The summed E-state index contributed by atoms with van der Waals surface area (Å²) in [6.07, 6.45) is -1.81. The summed E-state index contributed by atoms with van der Waals surface area (Å²) >= 11 is 5.23. The first-order valence-corrected chi connectivity index (χ1v) is 9.78. The quantitative estimate of drug-likeness (QED) is 0.661. The van der Waals surface area contributed by atoms with Crippen molar-refractivity contribution in [2.45, 2.75) is 32.5 Å². The Morgan fingerprint density at radius 2 is 1.79 bits per heavy atom. The summed E-state index contributed by atoms with van der Waals surface area (Å²) in [6.45, 7) is 5.03. The fraction of sp³-hybridized carbons (Fsp3) is 0.381. The number of halogens is 3. The Morgan fingerprint density at radius 1 is 1.11 bits per heavy atom. The molecule has 1 atom stereocenters. The summed E-state index contributed by atoms with van der Waals surface area (Å²) in [7, 11) is 0. The van der Waals surface area contributed by atoms with Crippen molar-refractivity contribution in [2.75, 3.05) is 23.3 Å². The molecule has 0 saturated carbocycles. The number of alkyl halides is 3. The van der Waals surface area contributed by atoms with Crippen LogP contribution >= 0.6 is 12.2 Å². The Bertz CT molecular complexity index is 788. The first-order valence-electron chi connectivity index (χ1n) is 9.37. The molecule has 1 fully saturated rings. The molecular weight excluding hydrogens is 383 g/mol. The molecule has 0 amide bonds. The molecule has 150 valence electrons. The van der Waals surface area contributed by atoms with E-state index in [9.17, 15) is 13.2 Å². The number of hydrogen-bond donors (Lipinski definition) is 2. The van der Waals surface area contributed by atoms with Crippen LogP contribution in [0.3, 0.4) is 0 Å². The number of anilines is 2. The van der Waals surface area contributed by atoms with Gasteiger partial charge < -0.3 is 15.5 Å². The Kier molecular flexibility index (Phi) is 6.44. The summed E-state index contributed by atoms with van der Waals surface area (Å²) in [6, 6.07) is 13.2. The van der Waals surface area contributed by atoms with E-state index in [0.29, 0.717) is 17.3 Å². The van der Waals surface area contributed by atoms with Gasteiger partial charge in [-0.3, -0.25) is 0 Å². The number of rotatable bonds is 4. The zero-order chi connectivity index (χ0) is 20.1. The summed E-state index contributed by atoms with van der Waals surface area (Å²) in [5, 5.41) is 6.36. The van der Waals surface area contributed by atoms with Gasteiger partial charge in [0.1, 0.15) is 0 Å². The fourth-order valence-corrected chi connectivity index (χ4v) is 3.54. The Labute approximate surface area is 168 Å². The van der Waals surface area contributed by atoms with Crippen molar-refractivity contribution in [3.05, 3.63) is 59.7 Å². The molecule has 0 radical (unpaired) electrons. The lowest BCUT2D eigenvalue weighted by Gasteiger charge is -2.32. The van der Waals surface area contributed by atoms with Crippen molar-refractivity contribution in [1.82, 2.24) is 5.32 Å². The Balaban J connectivity index is 1.49. The number of nitrogens with zero attached hydrogens (tertiary/aromatic N) is 1. The molecule has 2 aromatic rings. The van der Waals surface area contributed by atoms with Crippen LogP contribution in [0.4, 0.5) is 24.5 Å². The summed E-state index contributed by atoms with van der Waals surface area (Å²) in [5.74, 6) is 0.726. The van der Waals surface area contributed by atoms with Gasteiger partial charge in [0.15, 0.2) is 5.11 Å². The number of hydrogen-bond acceptors (Lipinski definition) is 2. The van der Waals surface area contributed by atoms with Gasteiger partial charge in [-0.15, -0.1) is 0 Å². The zero-order valence-electron chi connectivity index (χ0n) is 15.7. The predicted molar refractivity (Wildman–Crippen MR) is 112 cm³/mol. The van der Waals surface area contributed by atoms with Crippen molar-refractivity contribution in [3.8, 4) is 0 Å². The minimum Gasteiger partial charge on any atom is -0.371 e. The number of piperidine rings is 1. The van der Waals surface area contributed by atoms with Crippen molar-refractivity contribution in [2.24, 2.45) is 5.92 Å². The molecule has 2 aromatic carbocycles. The van der Waals surface area contributed by atoms with Crippen LogP contribution in [0.5, 0.6) is 0 Å². The van der Waals surface area contributed by atoms with Crippen molar-refractivity contribution in [1.29, 1.82) is 0 Å². The van der Waals surface area contributed by atoms with Gasteiger partial charge in [0.05, 0.1) is 5.56 Å². The number of benzene rings is 2. The van der Waals surface area contributed by atoms with Crippen LogP contribution in [0, 0.1) is 5.92 Å². The third kappa shape index (κ3) is 5.61. The Morgan fingerprint density at radius 3 is 2.39 bits per heavy atom. The predicted octanol–water partition coefficient (Wildman–Crippen LogP) is 5.43. The highest BCUT2D eigenvalue weighted by molar-refractivity contribution is 7.80. The van der Waals surface area contributed by atoms with Gasteiger partial charge in [-0.05, 0) is 72.9 Å². The summed E-state index contributed by atoms with van der Waals surface area (Å²) in [5.41, 5.74) is 2.16. The van der Waals surface area contributed by atoms with Gasteiger partial charge >= 0.3 is 6.18 Å². The van der Waals surface area contributed by atoms with Gasteiger partial charge in [-0.1, -0.05) is 19.1 Å². The molecule has 0 spiro atoms. The molecule has 3 rings (SSSR count). The lowest BCUT2D eigenvalue weighted by atomic mass is 9.99. The van der Waals surface area contributed by atoms with Gasteiger partial charge in [0, 0.05) is 31.0 Å². The van der Waals surface area contributed by atoms with Crippen LogP contribution in [0.15, 0.2) is 48.5 Å². The number of nitrogens with one attached hydrogen (secondary N) is 2. The van der Waals surface area contributed by atoms with E-state index in [0.717, 1.165) is 36.7 Å². The molecule has 2 N–H and O–H groups in total. The molecule has 3 nitrogen and oxygen atoms in total. The van der Waals surface area contributed by atoms with E-state index in [1.807, 2.05) is 0 Å². The van der Waals surface area contributed by atoms with E-state index >= 15 is 0 Å². The minimum atomic E-state index is -4.34. The molecule has 1 aliphatic rings. The van der Waals surface area contributed by atoms with E-state index in [4.69, 9.17) is 12.2 Å². The first-order chi connectivity index (χ1) is 13.3. The minimum absolute atomic E-state index is 0.369. The monoisotopic (exact) mass is 407 g/mol. The van der Waals surface area contributed by atoms with Gasteiger partial charge in [0.2, 0.25) is 0 Å². The highest BCUT2D eigenvalue weighted by atomic mass is 32.1. The number of thiocarbonyl (C=S) groups is 1. The lowest BCUT2D eigenvalue weighted by molar-refractivity contribution is -0.137. The van der Waals surface area contributed by atoms with Crippen LogP contribution in [-0.4, -0.2) is 18.2 Å². The van der Waals surface area contributed by atoms with E-state index < -0.39 is 11.7 Å². The molecule has 1 saturated heterocycles. The van der Waals surface area contributed by atoms with Crippen molar-refractivity contribution >= 4 is 28.7 Å². The van der Waals surface area contributed by atoms with Gasteiger partial charge in [0.25, 0.3) is 0 Å². The first kappa shape index (κ1) is 20.5. The van der Waals surface area contributed by atoms with Crippen LogP contribution in [0.1, 0.15) is 30.9 Å². The van der Waals surface area contributed by atoms with E-state index in [1.54, 1.807) is 0 Å². The average molecular weight is 408 g/mol. The van der Waals surface area contributed by atoms with E-state index in [-0.39, 0.29) is 0 Å². The maximum atomic E-state index is 12.6. The van der Waals surface area contributed by atoms with Crippen LogP contribution in [-0.2, 0) is 12.7 Å². The van der Waals surface area contributed by atoms with Gasteiger partial charge in [-0.25, -0.2) is 0 Å². The highest BCUT2D eigenvalue weighted by Crippen LogP contribution is 2.29. The third-order valence-electron chi connectivity index (χ3n) is 4.88. The molecule has 0 aromatic heterocycles. The summed E-state index contributed by atoms with van der Waals surface area (Å²) < 4.78 is 37.8. The standard InChI is InChI=1S/C21H24F3N3S/c1-15-3-2-12-27(14-15)19-10-4-16(5-11-19)13-25-20(28)26-18-8-6-17(7-9-18)21(22,23)24/h4-11,15H,2-3,12-14H2,1H3,(H2,25,26,28). The molecule has 0 aliphatic carbocycles. The van der Waals surface area contributed by atoms with Crippen molar-refractivity contribution < 1.29 is 13.2 Å².